The van der Waals surface area contributed by atoms with Crippen LogP contribution in [0.2, 0.25) is 5.02 Å². The minimum Gasteiger partial charge on any atom is -0.336 e. The number of hydrogen-bond acceptors (Lipinski definition) is 5. The predicted molar refractivity (Wildman–Crippen MR) is 113 cm³/mol. The third-order valence-electron chi connectivity index (χ3n) is 6.06. The first-order valence-corrected chi connectivity index (χ1v) is 10.7. The fourth-order valence-electron chi connectivity index (χ4n) is 4.41. The highest BCUT2D eigenvalue weighted by molar-refractivity contribution is 6.34. The molecule has 1 spiro atoms. The Labute approximate surface area is 178 Å². The summed E-state index contributed by atoms with van der Waals surface area (Å²) in [4.78, 5) is 42.2. The molecule has 0 saturated heterocycles. The normalized spacial score (nSPS) is 19.3. The topological polar surface area (TPSA) is 105 Å². The average Bonchev–Trinajstić information content (AvgIpc) is 3.52. The minimum absolute atomic E-state index is 0.00313. The van der Waals surface area contributed by atoms with Gasteiger partial charge in [-0.05, 0) is 50.7 Å². The Balaban J connectivity index is 1.48. The van der Waals surface area contributed by atoms with E-state index < -0.39 is 5.66 Å². The Bertz CT molecular complexity index is 1100. The van der Waals surface area contributed by atoms with E-state index in [1.54, 1.807) is 18.3 Å². The van der Waals surface area contributed by atoms with Crippen molar-refractivity contribution in [3.63, 3.8) is 0 Å². The predicted octanol–water partition coefficient (Wildman–Crippen LogP) is 3.35. The average molecular weight is 428 g/mol. The molecule has 2 amide bonds. The largest absolute Gasteiger partial charge is 0.336 e. The van der Waals surface area contributed by atoms with Crippen LogP contribution in [0.3, 0.4) is 0 Å². The van der Waals surface area contributed by atoms with E-state index in [1.165, 1.54) is 10.6 Å². The second-order valence-electron chi connectivity index (χ2n) is 8.26. The molecule has 0 atom stereocenters. The maximum Gasteiger partial charge on any atom is 0.276 e. The van der Waals surface area contributed by atoms with Gasteiger partial charge in [-0.1, -0.05) is 18.0 Å². The first kappa shape index (κ1) is 19.1. The molecule has 3 heterocycles. The van der Waals surface area contributed by atoms with Crippen molar-refractivity contribution in [3.05, 3.63) is 45.5 Å². The number of nitrogens with zero attached hydrogens (tertiary/aromatic N) is 2. The smallest absolute Gasteiger partial charge is 0.276 e. The van der Waals surface area contributed by atoms with Gasteiger partial charge in [-0.3, -0.25) is 19.0 Å². The molecule has 2 saturated carbocycles. The molecule has 0 radical (unpaired) electrons. The molecule has 156 valence electrons. The minimum atomic E-state index is -0.712. The third kappa shape index (κ3) is 3.25. The Morgan fingerprint density at radius 2 is 1.97 bits per heavy atom. The number of aromatic nitrogens is 2. The van der Waals surface area contributed by atoms with Crippen LogP contribution in [0.5, 0.6) is 0 Å². The van der Waals surface area contributed by atoms with Crippen molar-refractivity contribution in [2.45, 2.75) is 50.6 Å². The molecular formula is C21H22ClN5O3. The van der Waals surface area contributed by atoms with E-state index in [0.717, 1.165) is 32.1 Å². The van der Waals surface area contributed by atoms with Crippen LogP contribution in [-0.2, 0) is 10.5 Å². The molecule has 9 heteroatoms. The quantitative estimate of drug-likeness (QED) is 0.694. The van der Waals surface area contributed by atoms with Crippen molar-refractivity contribution in [2.75, 3.05) is 10.6 Å². The summed E-state index contributed by atoms with van der Waals surface area (Å²) in [6, 6.07) is 4.84. The van der Waals surface area contributed by atoms with Crippen LogP contribution in [0, 0.1) is 5.92 Å². The van der Waals surface area contributed by atoms with Crippen molar-refractivity contribution < 1.29 is 9.59 Å². The summed E-state index contributed by atoms with van der Waals surface area (Å²) in [6.45, 7) is 0. The number of fused-ring (bicyclic) bond motifs is 2. The molecule has 0 unspecified atom stereocenters. The van der Waals surface area contributed by atoms with Gasteiger partial charge in [-0.25, -0.2) is 4.98 Å². The monoisotopic (exact) mass is 427 g/mol. The van der Waals surface area contributed by atoms with Crippen molar-refractivity contribution in [1.82, 2.24) is 14.9 Å². The summed E-state index contributed by atoms with van der Waals surface area (Å²) in [7, 11) is 0. The highest BCUT2D eigenvalue weighted by Gasteiger charge is 2.45. The van der Waals surface area contributed by atoms with Crippen LogP contribution < -0.4 is 21.5 Å². The van der Waals surface area contributed by atoms with Crippen LogP contribution >= 0.6 is 11.6 Å². The van der Waals surface area contributed by atoms with E-state index in [-0.39, 0.29) is 39.7 Å². The summed E-state index contributed by atoms with van der Waals surface area (Å²) in [5.41, 5.74) is 0.0356. The number of halogens is 1. The van der Waals surface area contributed by atoms with Gasteiger partial charge >= 0.3 is 0 Å². The zero-order valence-corrected chi connectivity index (χ0v) is 17.1. The van der Waals surface area contributed by atoms with Gasteiger partial charge < -0.3 is 16.0 Å². The van der Waals surface area contributed by atoms with E-state index in [9.17, 15) is 14.4 Å². The molecule has 3 N–H and O–H groups in total. The summed E-state index contributed by atoms with van der Waals surface area (Å²) in [5, 5.41) is 9.11. The zero-order chi connectivity index (χ0) is 20.9. The van der Waals surface area contributed by atoms with Crippen molar-refractivity contribution in [1.29, 1.82) is 0 Å². The fraction of sp³-hybridized carbons (Fsp3) is 0.429. The highest BCUT2D eigenvalue weighted by atomic mass is 35.5. The number of anilines is 3. The van der Waals surface area contributed by atoms with Gasteiger partial charge in [0.15, 0.2) is 0 Å². The second kappa shape index (κ2) is 7.12. The van der Waals surface area contributed by atoms with Gasteiger partial charge in [-0.15, -0.1) is 0 Å². The molecule has 1 aliphatic heterocycles. The first-order chi connectivity index (χ1) is 14.5. The van der Waals surface area contributed by atoms with Crippen molar-refractivity contribution >= 4 is 40.6 Å². The molecule has 5 rings (SSSR count). The van der Waals surface area contributed by atoms with E-state index in [1.807, 2.05) is 0 Å². The Kier molecular flexibility index (Phi) is 4.54. The molecule has 30 heavy (non-hydrogen) atoms. The van der Waals surface area contributed by atoms with Gasteiger partial charge in [-0.2, -0.15) is 0 Å². The number of rotatable bonds is 4. The maximum atomic E-state index is 13.3. The number of nitrogens with one attached hydrogen (secondary N) is 3. The lowest BCUT2D eigenvalue weighted by Crippen LogP contribution is -2.48. The highest BCUT2D eigenvalue weighted by Crippen LogP contribution is 2.38. The SMILES string of the molecule is O=C1NC2(CCCCC2)n2c1c(Cl)cc(Nc1cc(NC(=O)C3CC3)ccn1)c2=O. The summed E-state index contributed by atoms with van der Waals surface area (Å²) >= 11 is 6.41. The van der Waals surface area contributed by atoms with Gasteiger partial charge in [0.05, 0.1) is 5.02 Å². The van der Waals surface area contributed by atoms with Gasteiger partial charge in [0.25, 0.3) is 11.5 Å². The Morgan fingerprint density at radius 1 is 1.20 bits per heavy atom. The molecule has 2 fully saturated rings. The van der Waals surface area contributed by atoms with Gasteiger partial charge in [0, 0.05) is 23.9 Å². The van der Waals surface area contributed by atoms with Crippen molar-refractivity contribution in [3.8, 4) is 0 Å². The molecule has 2 aromatic heterocycles. The summed E-state index contributed by atoms with van der Waals surface area (Å²) < 4.78 is 1.53. The first-order valence-electron chi connectivity index (χ1n) is 10.3. The van der Waals surface area contributed by atoms with E-state index in [0.29, 0.717) is 24.3 Å². The summed E-state index contributed by atoms with van der Waals surface area (Å²) in [6.07, 6.45) is 7.75. The molecule has 2 aromatic rings. The van der Waals surface area contributed by atoms with Crippen LogP contribution in [0.15, 0.2) is 29.2 Å². The third-order valence-corrected chi connectivity index (χ3v) is 6.35. The number of hydrogen-bond donors (Lipinski definition) is 3. The second-order valence-corrected chi connectivity index (χ2v) is 8.67. The molecule has 3 aliphatic rings. The zero-order valence-electron chi connectivity index (χ0n) is 16.3. The lowest BCUT2D eigenvalue weighted by Gasteiger charge is -2.35. The molecule has 0 bridgehead atoms. The number of carbonyl (C=O) groups is 2. The Morgan fingerprint density at radius 3 is 2.70 bits per heavy atom. The van der Waals surface area contributed by atoms with Crippen LogP contribution in [0.1, 0.15) is 55.4 Å². The van der Waals surface area contributed by atoms with Gasteiger partial charge in [0.1, 0.15) is 22.9 Å². The van der Waals surface area contributed by atoms with Gasteiger partial charge in [0.2, 0.25) is 5.91 Å². The lowest BCUT2D eigenvalue weighted by atomic mass is 9.89. The number of carbonyl (C=O) groups excluding carboxylic acids is 2. The maximum absolute atomic E-state index is 13.3. The number of amides is 2. The molecular weight excluding hydrogens is 406 g/mol. The molecule has 2 aliphatic carbocycles. The van der Waals surface area contributed by atoms with E-state index in [4.69, 9.17) is 11.6 Å². The standard InChI is InChI=1S/C21H22ClN5O3/c22-14-11-15(25-16-10-13(6-9-23-16)24-18(28)12-4-5-12)20(30)27-17(14)19(29)26-21(27)7-2-1-3-8-21/h6,9-12H,1-5,7-8H2,(H,26,29)(H2,23,24,25,28). The molecule has 0 aromatic carbocycles. The fourth-order valence-corrected chi connectivity index (χ4v) is 4.69. The van der Waals surface area contributed by atoms with Crippen molar-refractivity contribution in [2.24, 2.45) is 5.92 Å². The van der Waals surface area contributed by atoms with Crippen LogP contribution in [0.25, 0.3) is 0 Å². The molecule has 8 nitrogen and oxygen atoms in total. The summed E-state index contributed by atoms with van der Waals surface area (Å²) in [5.74, 6) is 0.184. The Hall–Kier alpha value is -2.87. The lowest BCUT2D eigenvalue weighted by molar-refractivity contribution is -0.117. The van der Waals surface area contributed by atoms with Crippen LogP contribution in [0.4, 0.5) is 17.2 Å². The van der Waals surface area contributed by atoms with Crippen LogP contribution in [-0.4, -0.2) is 21.4 Å². The van der Waals surface area contributed by atoms with E-state index in [2.05, 4.69) is 20.9 Å². The number of pyridine rings is 2. The van der Waals surface area contributed by atoms with E-state index >= 15 is 0 Å².